The van der Waals surface area contributed by atoms with Crippen LogP contribution in [0.15, 0.2) is 96.1 Å². The van der Waals surface area contributed by atoms with Crippen LogP contribution in [0.3, 0.4) is 0 Å². The number of hydrogen-bond donors (Lipinski definition) is 2. The first kappa shape index (κ1) is 49.9. The van der Waals surface area contributed by atoms with Crippen molar-refractivity contribution in [3.05, 3.63) is 113 Å². The largest absolute Gasteiger partial charge is 0.517 e. The van der Waals surface area contributed by atoms with Gasteiger partial charge in [0.1, 0.15) is 41.3 Å². The van der Waals surface area contributed by atoms with Crippen molar-refractivity contribution >= 4 is 29.8 Å². The van der Waals surface area contributed by atoms with E-state index in [0.717, 1.165) is 0 Å². The first-order chi connectivity index (χ1) is 32.5. The number of carboxylic acid groups (broad SMARTS) is 1. The zero-order valence-corrected chi connectivity index (χ0v) is 41.0. The Bertz CT molecular complexity index is 2520. The van der Waals surface area contributed by atoms with E-state index in [-0.39, 0.29) is 24.2 Å². The Labute approximate surface area is 402 Å². The summed E-state index contributed by atoms with van der Waals surface area (Å²) < 4.78 is 49.3. The average Bonchev–Trinajstić information content (AvgIpc) is 3.69. The maximum absolute atomic E-state index is 15.8. The van der Waals surface area contributed by atoms with Crippen molar-refractivity contribution in [2.24, 2.45) is 16.7 Å². The number of benzene rings is 3. The number of quaternary nitrogens is 1. The van der Waals surface area contributed by atoms with E-state index in [1.54, 1.807) is 133 Å². The molecule has 1 amide bonds. The molecule has 8 rings (SSSR count). The van der Waals surface area contributed by atoms with E-state index in [9.17, 15) is 24.6 Å². The summed E-state index contributed by atoms with van der Waals surface area (Å²) >= 11 is 0. The van der Waals surface area contributed by atoms with Crippen molar-refractivity contribution < 1.29 is 76.6 Å². The van der Waals surface area contributed by atoms with Gasteiger partial charge in [-0.1, -0.05) is 62.4 Å². The molecular weight excluding hydrogens is 891 g/mol. The van der Waals surface area contributed by atoms with E-state index >= 15 is 9.59 Å². The normalized spacial score (nSPS) is 35.8. The monoisotopic (exact) mass is 954 g/mol. The molecule has 2 heterocycles. The molecule has 2 N–H and O–H groups in total. The van der Waals surface area contributed by atoms with Crippen LogP contribution in [-0.4, -0.2) is 126 Å². The fourth-order valence-electron chi connectivity index (χ4n) is 12.8. The van der Waals surface area contributed by atoms with E-state index < -0.39 is 123 Å². The molecule has 0 radical (unpaired) electrons. The molecule has 2 unspecified atom stereocenters. The zero-order chi connectivity index (χ0) is 50.2. The number of fused-ring (bicyclic) bond motifs is 5. The van der Waals surface area contributed by atoms with Crippen molar-refractivity contribution in [2.75, 3.05) is 27.9 Å². The fourth-order valence-corrected chi connectivity index (χ4v) is 12.8. The Hall–Kier alpha value is -5.49. The van der Waals surface area contributed by atoms with Crippen LogP contribution in [0, 0.1) is 16.7 Å². The summed E-state index contributed by atoms with van der Waals surface area (Å²) in [6.45, 7) is 13.2. The molecule has 3 aromatic carbocycles. The van der Waals surface area contributed by atoms with Crippen molar-refractivity contribution in [3.8, 4) is 5.75 Å². The molecule has 2 saturated carbocycles. The van der Waals surface area contributed by atoms with Gasteiger partial charge >= 0.3 is 24.0 Å². The molecule has 2 aliphatic heterocycles. The summed E-state index contributed by atoms with van der Waals surface area (Å²) in [5.74, 6) is -3.76. The molecule has 16 heteroatoms. The minimum absolute atomic E-state index is 0.116. The number of methoxy groups -OCH3 is 3. The molecule has 5 aliphatic rings. The van der Waals surface area contributed by atoms with Gasteiger partial charge < -0.3 is 48.1 Å². The van der Waals surface area contributed by atoms with Gasteiger partial charge in [0, 0.05) is 50.5 Å². The van der Waals surface area contributed by atoms with Gasteiger partial charge in [-0.2, -0.15) is 9.28 Å². The lowest BCUT2D eigenvalue weighted by Gasteiger charge is -2.67. The maximum atomic E-state index is 15.8. The second-order valence-corrected chi connectivity index (χ2v) is 20.8. The highest BCUT2D eigenvalue weighted by Crippen LogP contribution is 2.65. The van der Waals surface area contributed by atoms with Crippen LogP contribution in [0.25, 0.3) is 0 Å². The summed E-state index contributed by atoms with van der Waals surface area (Å²) in [6, 6.07) is 22.5. The van der Waals surface area contributed by atoms with Gasteiger partial charge in [-0.25, -0.2) is 9.59 Å². The average molecular weight is 955 g/mol. The SMILES string of the molecule is COc1ccc([C@@H]2O[C@@H](C(=O)O[C@H]3C[C@@]4(O)[C@@H](OC(=O)c5ccccc5)[C@@H]5[C@]6(OC(C)=O)CO[C@@H]6CC(OC)[C@@]5(C)C(=O)[C@H](OC)C(=C3C)C4(C)C)[C@H](c3ccccc3)[N+]2(C(=O)O)C(C)(C)C)cc1. The van der Waals surface area contributed by atoms with Gasteiger partial charge in [0.25, 0.3) is 0 Å². The molecule has 4 fully saturated rings. The van der Waals surface area contributed by atoms with Crippen LogP contribution in [0.2, 0.25) is 0 Å². The van der Waals surface area contributed by atoms with Gasteiger partial charge in [0.05, 0.1) is 36.7 Å². The third-order valence-corrected chi connectivity index (χ3v) is 16.2. The van der Waals surface area contributed by atoms with Crippen LogP contribution < -0.4 is 4.74 Å². The summed E-state index contributed by atoms with van der Waals surface area (Å²) in [5, 5.41) is 25.6. The number of rotatable bonds is 10. The number of carbonyl (C=O) groups excluding carboxylic acids is 4. The van der Waals surface area contributed by atoms with Gasteiger partial charge in [-0.15, -0.1) is 0 Å². The van der Waals surface area contributed by atoms with Crippen molar-refractivity contribution in [2.45, 2.75) is 134 Å². The smallest absolute Gasteiger partial charge is 0.497 e. The second kappa shape index (κ2) is 17.7. The van der Waals surface area contributed by atoms with Crippen LogP contribution >= 0.6 is 0 Å². The summed E-state index contributed by atoms with van der Waals surface area (Å²) in [6.07, 6.45) is -10.5. The van der Waals surface area contributed by atoms with Gasteiger partial charge in [-0.05, 0) is 82.2 Å². The van der Waals surface area contributed by atoms with Gasteiger partial charge in [-0.3, -0.25) is 9.59 Å². The Kier molecular flexibility index (Phi) is 12.8. The lowest BCUT2D eigenvalue weighted by molar-refractivity contribution is -0.957. The molecule has 16 nitrogen and oxygen atoms in total. The number of carbonyl (C=O) groups is 5. The fraction of sp³-hybridized carbons (Fsp3) is 0.528. The first-order valence-corrected chi connectivity index (χ1v) is 23.3. The highest BCUT2D eigenvalue weighted by atomic mass is 16.6. The molecule has 370 valence electrons. The topological polar surface area (TPSA) is 200 Å². The highest BCUT2D eigenvalue weighted by Gasteiger charge is 2.79. The summed E-state index contributed by atoms with van der Waals surface area (Å²) in [5.41, 5.74) is -6.37. The van der Waals surface area contributed by atoms with E-state index in [0.29, 0.717) is 22.4 Å². The third kappa shape index (κ3) is 7.35. The highest BCUT2D eigenvalue weighted by molar-refractivity contribution is 5.94. The van der Waals surface area contributed by atoms with Crippen molar-refractivity contribution in [1.82, 2.24) is 0 Å². The zero-order valence-electron chi connectivity index (χ0n) is 41.0. The molecule has 0 aromatic heterocycles. The number of ether oxygens (including phenoxy) is 8. The predicted octanol–water partition coefficient (Wildman–Crippen LogP) is 7.08. The Balaban J connectivity index is 1.32. The first-order valence-electron chi connectivity index (χ1n) is 23.3. The molecule has 3 aromatic rings. The number of Topliss-reactive ketones (excluding diaryl/α,β-unsaturated/α-hetero) is 1. The predicted molar refractivity (Wildman–Crippen MR) is 246 cm³/mol. The van der Waals surface area contributed by atoms with E-state index in [4.69, 9.17) is 37.9 Å². The van der Waals surface area contributed by atoms with E-state index in [2.05, 4.69) is 0 Å². The lowest BCUT2D eigenvalue weighted by Crippen LogP contribution is -2.82. The summed E-state index contributed by atoms with van der Waals surface area (Å²) in [7, 11) is 4.34. The number of nitrogens with zero attached hydrogens (tertiary/aromatic N) is 1. The van der Waals surface area contributed by atoms with Crippen LogP contribution in [0.1, 0.15) is 102 Å². The van der Waals surface area contributed by atoms with Crippen LogP contribution in [0.4, 0.5) is 4.79 Å². The molecule has 69 heavy (non-hydrogen) atoms. The maximum Gasteiger partial charge on any atom is 0.517 e. The molecule has 2 saturated heterocycles. The van der Waals surface area contributed by atoms with Crippen LogP contribution in [0.5, 0.6) is 5.75 Å². The number of hydrogen-bond acceptors (Lipinski definition) is 14. The van der Waals surface area contributed by atoms with Crippen LogP contribution in [-0.2, 0) is 47.5 Å². The molecule has 2 bridgehead atoms. The lowest BCUT2D eigenvalue weighted by atomic mass is 9.44. The van der Waals surface area contributed by atoms with Gasteiger partial charge in [0.2, 0.25) is 12.3 Å². The summed E-state index contributed by atoms with van der Waals surface area (Å²) in [4.78, 5) is 73.2. The minimum atomic E-state index is -2.24. The van der Waals surface area contributed by atoms with E-state index in [1.807, 2.05) is 0 Å². The van der Waals surface area contributed by atoms with Crippen molar-refractivity contribution in [3.63, 3.8) is 0 Å². The Morgan fingerprint density at radius 2 is 1.46 bits per heavy atom. The second-order valence-electron chi connectivity index (χ2n) is 20.8. The number of amides is 1. The minimum Gasteiger partial charge on any atom is -0.497 e. The Morgan fingerprint density at radius 3 is 1.99 bits per heavy atom. The Morgan fingerprint density at radius 1 is 0.841 bits per heavy atom. The number of esters is 3. The van der Waals surface area contributed by atoms with Crippen molar-refractivity contribution in [1.29, 1.82) is 0 Å². The van der Waals surface area contributed by atoms with Gasteiger partial charge in [0.15, 0.2) is 17.4 Å². The number of ketones is 1. The number of aliphatic hydroxyl groups is 1. The molecular formula is C53H64NO15+. The quantitative estimate of drug-likeness (QED) is 0.0904. The van der Waals surface area contributed by atoms with E-state index in [1.165, 1.54) is 28.3 Å². The third-order valence-electron chi connectivity index (χ3n) is 16.2. The standard InChI is InChI=1S/C53H63NO15/c1-29-35(66-47(58)41-39(31-18-14-12-15-19-31)54(48(59)60,49(3,4)5)45(67-41)32-22-24-34(62-9)25-23-32)27-53(61)44(68-46(57)33-20-16-13-17-21-33)42-51(8,43(56)40(64-11)38(29)50(53,6)7)36(63-10)26-37-52(42,28-65-37)69-30(2)55/h12-25,35-37,39-42,44-45,61H,26-28H2,1-11H3/p+1/t35-,36?,37+,39-,40+,41+,42-,44-,45-,51+,52-,53+,54?/m0/s1. The molecule has 13 atom stereocenters. The molecule has 0 spiro atoms. The molecule has 3 aliphatic carbocycles.